The standard InChI is InChI=1S/C15H25NO2/c1-3-9-16(10-11-17)12-15(18)13(2)14-7-5-4-6-8-14/h4-8,13,15,17-18H,3,9-12H2,1-2H3. The highest BCUT2D eigenvalue weighted by Gasteiger charge is 2.18. The molecule has 0 aliphatic heterocycles. The third kappa shape index (κ3) is 4.77. The van der Waals surface area contributed by atoms with Crippen molar-refractivity contribution in [2.24, 2.45) is 0 Å². The van der Waals surface area contributed by atoms with Crippen molar-refractivity contribution in [2.45, 2.75) is 32.3 Å². The molecular weight excluding hydrogens is 226 g/mol. The van der Waals surface area contributed by atoms with Crippen molar-refractivity contribution < 1.29 is 10.2 Å². The first-order chi connectivity index (χ1) is 8.69. The van der Waals surface area contributed by atoms with Crippen LogP contribution in [0.15, 0.2) is 30.3 Å². The van der Waals surface area contributed by atoms with Gasteiger partial charge in [0.15, 0.2) is 0 Å². The van der Waals surface area contributed by atoms with Crippen molar-refractivity contribution in [3.05, 3.63) is 35.9 Å². The van der Waals surface area contributed by atoms with E-state index in [9.17, 15) is 5.11 Å². The Hall–Kier alpha value is -0.900. The summed E-state index contributed by atoms with van der Waals surface area (Å²) in [7, 11) is 0. The number of aliphatic hydroxyl groups excluding tert-OH is 2. The van der Waals surface area contributed by atoms with Gasteiger partial charge in [-0.1, -0.05) is 44.2 Å². The van der Waals surface area contributed by atoms with Gasteiger partial charge in [-0.25, -0.2) is 0 Å². The van der Waals surface area contributed by atoms with Gasteiger partial charge in [-0.2, -0.15) is 0 Å². The fourth-order valence-electron chi connectivity index (χ4n) is 2.15. The summed E-state index contributed by atoms with van der Waals surface area (Å²) < 4.78 is 0. The van der Waals surface area contributed by atoms with Crippen LogP contribution in [0, 0.1) is 0 Å². The second-order valence-electron chi connectivity index (χ2n) is 4.79. The van der Waals surface area contributed by atoms with E-state index in [1.807, 2.05) is 37.3 Å². The number of nitrogens with zero attached hydrogens (tertiary/aromatic N) is 1. The van der Waals surface area contributed by atoms with Crippen LogP contribution >= 0.6 is 0 Å². The summed E-state index contributed by atoms with van der Waals surface area (Å²) in [6, 6.07) is 10.1. The molecule has 0 bridgehead atoms. The van der Waals surface area contributed by atoms with E-state index in [1.54, 1.807) is 0 Å². The fraction of sp³-hybridized carbons (Fsp3) is 0.600. The Labute approximate surface area is 110 Å². The molecule has 2 atom stereocenters. The molecule has 0 aliphatic rings. The van der Waals surface area contributed by atoms with Crippen LogP contribution in [0.1, 0.15) is 31.7 Å². The van der Waals surface area contributed by atoms with E-state index >= 15 is 0 Å². The number of aliphatic hydroxyl groups is 2. The molecule has 3 nitrogen and oxygen atoms in total. The predicted molar refractivity (Wildman–Crippen MR) is 74.7 cm³/mol. The number of hydrogen-bond donors (Lipinski definition) is 2. The molecule has 1 aromatic carbocycles. The highest BCUT2D eigenvalue weighted by Crippen LogP contribution is 2.19. The molecule has 2 N–H and O–H groups in total. The molecule has 102 valence electrons. The molecule has 0 spiro atoms. The van der Waals surface area contributed by atoms with Crippen molar-refractivity contribution in [1.29, 1.82) is 0 Å². The summed E-state index contributed by atoms with van der Waals surface area (Å²) in [5.41, 5.74) is 1.16. The van der Waals surface area contributed by atoms with Crippen molar-refractivity contribution >= 4 is 0 Å². The van der Waals surface area contributed by atoms with Crippen LogP contribution in [0.3, 0.4) is 0 Å². The summed E-state index contributed by atoms with van der Waals surface area (Å²) in [6.45, 7) is 6.46. The molecule has 1 rings (SSSR count). The predicted octanol–water partition coefficient (Wildman–Crippen LogP) is 1.86. The Bertz CT molecular complexity index is 310. The van der Waals surface area contributed by atoms with Gasteiger partial charge in [-0.3, -0.25) is 4.90 Å². The number of hydrogen-bond acceptors (Lipinski definition) is 3. The minimum absolute atomic E-state index is 0.115. The first-order valence-electron chi connectivity index (χ1n) is 6.75. The Morgan fingerprint density at radius 1 is 1.17 bits per heavy atom. The molecule has 0 aliphatic carbocycles. The Kier molecular flexibility index (Phi) is 6.94. The lowest BCUT2D eigenvalue weighted by molar-refractivity contribution is 0.0841. The maximum absolute atomic E-state index is 10.3. The molecule has 0 aromatic heterocycles. The van der Waals surface area contributed by atoms with Gasteiger partial charge in [0, 0.05) is 19.0 Å². The summed E-state index contributed by atoms with van der Waals surface area (Å²) in [4.78, 5) is 2.12. The molecule has 0 radical (unpaired) electrons. The van der Waals surface area contributed by atoms with Gasteiger partial charge in [0.25, 0.3) is 0 Å². The smallest absolute Gasteiger partial charge is 0.0732 e. The van der Waals surface area contributed by atoms with Crippen LogP contribution in [-0.4, -0.2) is 47.5 Å². The molecule has 0 fully saturated rings. The topological polar surface area (TPSA) is 43.7 Å². The molecule has 0 amide bonds. The molecule has 2 unspecified atom stereocenters. The van der Waals surface area contributed by atoms with Crippen LogP contribution in [0.25, 0.3) is 0 Å². The highest BCUT2D eigenvalue weighted by molar-refractivity contribution is 5.19. The Morgan fingerprint density at radius 2 is 1.83 bits per heavy atom. The van der Waals surface area contributed by atoms with Gasteiger partial charge in [-0.15, -0.1) is 0 Å². The van der Waals surface area contributed by atoms with E-state index in [4.69, 9.17) is 5.11 Å². The van der Waals surface area contributed by atoms with Gasteiger partial charge < -0.3 is 10.2 Å². The molecule has 18 heavy (non-hydrogen) atoms. The second-order valence-corrected chi connectivity index (χ2v) is 4.79. The average molecular weight is 251 g/mol. The molecule has 0 heterocycles. The normalized spacial score (nSPS) is 14.7. The first kappa shape index (κ1) is 15.2. The van der Waals surface area contributed by atoms with Crippen molar-refractivity contribution in [2.75, 3.05) is 26.2 Å². The van der Waals surface area contributed by atoms with Crippen LogP contribution in [0.4, 0.5) is 0 Å². The van der Waals surface area contributed by atoms with E-state index in [0.29, 0.717) is 13.1 Å². The highest BCUT2D eigenvalue weighted by atomic mass is 16.3. The van der Waals surface area contributed by atoms with Gasteiger partial charge >= 0.3 is 0 Å². The van der Waals surface area contributed by atoms with Gasteiger partial charge in [-0.05, 0) is 18.5 Å². The minimum Gasteiger partial charge on any atom is -0.395 e. The zero-order chi connectivity index (χ0) is 13.4. The lowest BCUT2D eigenvalue weighted by atomic mass is 9.95. The van der Waals surface area contributed by atoms with Crippen LogP contribution < -0.4 is 0 Å². The van der Waals surface area contributed by atoms with Gasteiger partial charge in [0.05, 0.1) is 12.7 Å². The van der Waals surface area contributed by atoms with Gasteiger partial charge in [0.2, 0.25) is 0 Å². The number of rotatable bonds is 8. The quantitative estimate of drug-likeness (QED) is 0.741. The van der Waals surface area contributed by atoms with Crippen molar-refractivity contribution in [1.82, 2.24) is 4.90 Å². The van der Waals surface area contributed by atoms with E-state index < -0.39 is 6.10 Å². The maximum Gasteiger partial charge on any atom is 0.0732 e. The third-order valence-electron chi connectivity index (χ3n) is 3.30. The van der Waals surface area contributed by atoms with Crippen LogP contribution in [-0.2, 0) is 0 Å². The van der Waals surface area contributed by atoms with Crippen LogP contribution in [0.2, 0.25) is 0 Å². The van der Waals surface area contributed by atoms with Gasteiger partial charge in [0.1, 0.15) is 0 Å². The molecule has 3 heteroatoms. The number of benzene rings is 1. The third-order valence-corrected chi connectivity index (χ3v) is 3.30. The molecule has 0 saturated carbocycles. The second kappa shape index (κ2) is 8.25. The van der Waals surface area contributed by atoms with Crippen molar-refractivity contribution in [3.8, 4) is 0 Å². The molecule has 1 aromatic rings. The van der Waals surface area contributed by atoms with E-state index in [1.165, 1.54) is 0 Å². The SMILES string of the molecule is CCCN(CCO)CC(O)C(C)c1ccccc1. The van der Waals surface area contributed by atoms with E-state index in [-0.39, 0.29) is 12.5 Å². The average Bonchev–Trinajstić information content (AvgIpc) is 2.39. The van der Waals surface area contributed by atoms with E-state index in [2.05, 4.69) is 11.8 Å². The van der Waals surface area contributed by atoms with Crippen molar-refractivity contribution in [3.63, 3.8) is 0 Å². The zero-order valence-electron chi connectivity index (χ0n) is 11.4. The minimum atomic E-state index is -0.398. The lowest BCUT2D eigenvalue weighted by Gasteiger charge is -2.27. The monoisotopic (exact) mass is 251 g/mol. The summed E-state index contributed by atoms with van der Waals surface area (Å²) in [5.74, 6) is 0.115. The molecular formula is C15H25NO2. The first-order valence-corrected chi connectivity index (χ1v) is 6.75. The lowest BCUT2D eigenvalue weighted by Crippen LogP contribution is -2.37. The Morgan fingerprint density at radius 3 is 2.39 bits per heavy atom. The zero-order valence-corrected chi connectivity index (χ0v) is 11.4. The van der Waals surface area contributed by atoms with Crippen LogP contribution in [0.5, 0.6) is 0 Å². The van der Waals surface area contributed by atoms with E-state index in [0.717, 1.165) is 18.5 Å². The largest absolute Gasteiger partial charge is 0.395 e. The Balaban J connectivity index is 2.55. The summed E-state index contributed by atoms with van der Waals surface area (Å²) in [6.07, 6.45) is 0.636. The summed E-state index contributed by atoms with van der Waals surface area (Å²) in [5, 5.41) is 19.3. The fourth-order valence-corrected chi connectivity index (χ4v) is 2.15. The maximum atomic E-state index is 10.3. The molecule has 0 saturated heterocycles. The summed E-state index contributed by atoms with van der Waals surface area (Å²) >= 11 is 0.